The lowest BCUT2D eigenvalue weighted by molar-refractivity contribution is -0.144. The molecule has 0 aliphatic rings. The number of benzene rings is 1. The number of sulfone groups is 1. The SMILES string of the molecule is CCOc1ccc(S(=O)(=O)Cc2cnn(C)c2C(F)(F)F)cc1. The van der Waals surface area contributed by atoms with E-state index in [1.165, 1.54) is 24.3 Å². The molecule has 23 heavy (non-hydrogen) atoms. The molecule has 0 unspecified atom stereocenters. The first-order valence-corrected chi connectivity index (χ1v) is 8.34. The molecule has 1 heterocycles. The largest absolute Gasteiger partial charge is 0.494 e. The zero-order valence-corrected chi connectivity index (χ0v) is 13.3. The first kappa shape index (κ1) is 17.3. The van der Waals surface area contributed by atoms with Gasteiger partial charge in [-0.3, -0.25) is 4.68 Å². The second-order valence-corrected chi connectivity index (χ2v) is 6.79. The van der Waals surface area contributed by atoms with Crippen LogP contribution in [0.3, 0.4) is 0 Å². The van der Waals surface area contributed by atoms with E-state index in [1.54, 1.807) is 6.92 Å². The van der Waals surface area contributed by atoms with Crippen LogP contribution >= 0.6 is 0 Å². The highest BCUT2D eigenvalue weighted by atomic mass is 32.2. The summed E-state index contributed by atoms with van der Waals surface area (Å²) in [7, 11) is -2.80. The molecule has 0 aliphatic carbocycles. The normalized spacial score (nSPS) is 12.4. The molecule has 0 saturated carbocycles. The Morgan fingerprint density at radius 1 is 1.22 bits per heavy atom. The summed E-state index contributed by atoms with van der Waals surface area (Å²) >= 11 is 0. The van der Waals surface area contributed by atoms with Crippen LogP contribution in [0.1, 0.15) is 18.2 Å². The van der Waals surface area contributed by atoms with E-state index in [-0.39, 0.29) is 10.5 Å². The fourth-order valence-corrected chi connectivity index (χ4v) is 3.49. The molecule has 9 heteroatoms. The number of aromatic nitrogens is 2. The van der Waals surface area contributed by atoms with Crippen molar-refractivity contribution in [1.82, 2.24) is 9.78 Å². The molecule has 126 valence electrons. The third-order valence-corrected chi connectivity index (χ3v) is 4.80. The van der Waals surface area contributed by atoms with Crippen LogP contribution in [0.5, 0.6) is 5.75 Å². The summed E-state index contributed by atoms with van der Waals surface area (Å²) in [5, 5.41) is 3.51. The lowest BCUT2D eigenvalue weighted by atomic mass is 10.3. The second kappa shape index (κ2) is 6.23. The van der Waals surface area contributed by atoms with Gasteiger partial charge in [0.2, 0.25) is 0 Å². The number of ether oxygens (including phenoxy) is 1. The first-order chi connectivity index (χ1) is 10.6. The number of hydrogen-bond acceptors (Lipinski definition) is 4. The van der Waals surface area contributed by atoms with Gasteiger partial charge in [-0.1, -0.05) is 0 Å². The number of aryl methyl sites for hydroxylation is 1. The van der Waals surface area contributed by atoms with E-state index in [2.05, 4.69) is 5.10 Å². The molecule has 2 aromatic rings. The second-order valence-electron chi connectivity index (χ2n) is 4.80. The van der Waals surface area contributed by atoms with E-state index in [9.17, 15) is 21.6 Å². The van der Waals surface area contributed by atoms with Crippen molar-refractivity contribution in [3.63, 3.8) is 0 Å². The number of halogens is 3. The van der Waals surface area contributed by atoms with Crippen LogP contribution in [-0.4, -0.2) is 24.8 Å². The van der Waals surface area contributed by atoms with Crippen LogP contribution in [0.4, 0.5) is 13.2 Å². The van der Waals surface area contributed by atoms with Crippen molar-refractivity contribution >= 4 is 9.84 Å². The molecule has 0 radical (unpaired) electrons. The van der Waals surface area contributed by atoms with Gasteiger partial charge in [0.05, 0.1) is 23.5 Å². The Bertz CT molecular complexity index is 781. The van der Waals surface area contributed by atoms with Crippen LogP contribution in [-0.2, 0) is 28.8 Å². The summed E-state index contributed by atoms with van der Waals surface area (Å²) in [6, 6.07) is 5.54. The molecule has 0 aliphatic heterocycles. The molecule has 0 saturated heterocycles. The average molecular weight is 348 g/mol. The van der Waals surface area contributed by atoms with Crippen molar-refractivity contribution in [3.05, 3.63) is 41.7 Å². The van der Waals surface area contributed by atoms with Gasteiger partial charge < -0.3 is 4.74 Å². The molecule has 0 bridgehead atoms. The summed E-state index contributed by atoms with van der Waals surface area (Å²) < 4.78 is 69.4. The van der Waals surface area contributed by atoms with Gasteiger partial charge in [0.1, 0.15) is 11.4 Å². The van der Waals surface area contributed by atoms with E-state index in [4.69, 9.17) is 4.74 Å². The maximum absolute atomic E-state index is 13.0. The monoisotopic (exact) mass is 348 g/mol. The van der Waals surface area contributed by atoms with Crippen molar-refractivity contribution in [1.29, 1.82) is 0 Å². The van der Waals surface area contributed by atoms with Gasteiger partial charge in [-0.25, -0.2) is 8.42 Å². The number of hydrogen-bond donors (Lipinski definition) is 0. The summed E-state index contributed by atoms with van der Waals surface area (Å²) in [6.45, 7) is 2.21. The lowest BCUT2D eigenvalue weighted by Gasteiger charge is -2.10. The van der Waals surface area contributed by atoms with Crippen molar-refractivity contribution in [2.45, 2.75) is 23.7 Å². The van der Waals surface area contributed by atoms with Crippen molar-refractivity contribution < 1.29 is 26.3 Å². The zero-order chi connectivity index (χ0) is 17.3. The topological polar surface area (TPSA) is 61.2 Å². The van der Waals surface area contributed by atoms with Gasteiger partial charge in [-0.2, -0.15) is 18.3 Å². The van der Waals surface area contributed by atoms with Crippen LogP contribution in [0.25, 0.3) is 0 Å². The fraction of sp³-hybridized carbons (Fsp3) is 0.357. The molecule has 1 aromatic carbocycles. The van der Waals surface area contributed by atoms with Crippen LogP contribution in [0.15, 0.2) is 35.4 Å². The minimum absolute atomic E-state index is 0.0714. The maximum atomic E-state index is 13.0. The Hall–Kier alpha value is -2.03. The van der Waals surface area contributed by atoms with Crippen LogP contribution in [0.2, 0.25) is 0 Å². The lowest BCUT2D eigenvalue weighted by Crippen LogP contribution is -2.16. The minimum atomic E-state index is -4.67. The van der Waals surface area contributed by atoms with Crippen LogP contribution in [0, 0.1) is 0 Å². The van der Waals surface area contributed by atoms with Gasteiger partial charge in [-0.15, -0.1) is 0 Å². The standard InChI is InChI=1S/C14H15F3N2O3S/c1-3-22-11-4-6-12(7-5-11)23(20,21)9-10-8-18-19(2)13(10)14(15,16)17/h4-8H,3,9H2,1-2H3. The highest BCUT2D eigenvalue weighted by Crippen LogP contribution is 2.33. The number of nitrogens with zero attached hydrogens (tertiary/aromatic N) is 2. The Balaban J connectivity index is 2.32. The Morgan fingerprint density at radius 3 is 2.35 bits per heavy atom. The third kappa shape index (κ3) is 3.84. The Kier molecular flexibility index (Phi) is 4.69. The zero-order valence-electron chi connectivity index (χ0n) is 12.5. The van der Waals surface area contributed by atoms with E-state index >= 15 is 0 Å². The minimum Gasteiger partial charge on any atom is -0.494 e. The average Bonchev–Trinajstić information content (AvgIpc) is 2.80. The number of rotatable bonds is 5. The van der Waals surface area contributed by atoms with Crippen molar-refractivity contribution in [3.8, 4) is 5.75 Å². The maximum Gasteiger partial charge on any atom is 0.433 e. The molecule has 5 nitrogen and oxygen atoms in total. The number of alkyl halides is 3. The van der Waals surface area contributed by atoms with Gasteiger partial charge in [0.15, 0.2) is 9.84 Å². The molecule has 1 aromatic heterocycles. The molecule has 0 fully saturated rings. The predicted octanol–water partition coefficient (Wildman–Crippen LogP) is 2.81. The Labute approximate surface area is 131 Å². The molecule has 0 amide bonds. The van der Waals surface area contributed by atoms with Gasteiger partial charge >= 0.3 is 6.18 Å². The summed E-state index contributed by atoms with van der Waals surface area (Å²) in [6.07, 6.45) is -3.75. The molecular formula is C14H15F3N2O3S. The van der Waals surface area contributed by atoms with E-state index < -0.39 is 27.5 Å². The predicted molar refractivity (Wildman–Crippen MR) is 76.7 cm³/mol. The van der Waals surface area contributed by atoms with Gasteiger partial charge in [0, 0.05) is 12.6 Å². The summed E-state index contributed by atoms with van der Waals surface area (Å²) in [4.78, 5) is -0.0714. The van der Waals surface area contributed by atoms with E-state index in [0.29, 0.717) is 17.0 Å². The molecular weight excluding hydrogens is 333 g/mol. The van der Waals surface area contributed by atoms with Crippen molar-refractivity contribution in [2.75, 3.05) is 6.61 Å². The quantitative estimate of drug-likeness (QED) is 0.834. The highest BCUT2D eigenvalue weighted by Gasteiger charge is 2.38. The smallest absolute Gasteiger partial charge is 0.433 e. The third-order valence-electron chi connectivity index (χ3n) is 3.12. The van der Waals surface area contributed by atoms with Gasteiger partial charge in [0.25, 0.3) is 0 Å². The first-order valence-electron chi connectivity index (χ1n) is 6.69. The van der Waals surface area contributed by atoms with Crippen molar-refractivity contribution in [2.24, 2.45) is 7.05 Å². The summed E-state index contributed by atoms with van der Waals surface area (Å²) in [5.74, 6) is -0.285. The highest BCUT2D eigenvalue weighted by molar-refractivity contribution is 7.90. The molecule has 0 atom stereocenters. The Morgan fingerprint density at radius 2 is 1.83 bits per heavy atom. The molecule has 2 rings (SSSR count). The molecule has 0 N–H and O–H groups in total. The fourth-order valence-electron chi connectivity index (χ4n) is 2.15. The summed E-state index contributed by atoms with van der Waals surface area (Å²) in [5.41, 5.74) is -1.44. The van der Waals surface area contributed by atoms with Crippen LogP contribution < -0.4 is 4.74 Å². The van der Waals surface area contributed by atoms with Gasteiger partial charge in [-0.05, 0) is 31.2 Å². The van der Waals surface area contributed by atoms with E-state index in [0.717, 1.165) is 13.2 Å². The van der Waals surface area contributed by atoms with E-state index in [1.807, 2.05) is 0 Å². The molecule has 0 spiro atoms.